The fourth-order valence-corrected chi connectivity index (χ4v) is 7.07. The highest BCUT2D eigenvalue weighted by atomic mass is 19.4. The van der Waals surface area contributed by atoms with Gasteiger partial charge in [-0.1, -0.05) is 18.2 Å². The van der Waals surface area contributed by atoms with Crippen LogP contribution in [0.5, 0.6) is 0 Å². The molecule has 2 aromatic carbocycles. The molecule has 8 nitrogen and oxygen atoms in total. The van der Waals surface area contributed by atoms with E-state index in [2.05, 4.69) is 26.2 Å². The number of nitriles is 1. The second kappa shape index (κ2) is 10.6. The van der Waals surface area contributed by atoms with E-state index in [4.69, 9.17) is 0 Å². The highest BCUT2D eigenvalue weighted by Crippen LogP contribution is 2.50. The zero-order chi connectivity index (χ0) is 30.6. The third-order valence-electron chi connectivity index (χ3n) is 9.39. The summed E-state index contributed by atoms with van der Waals surface area (Å²) in [5, 5.41) is 17.8. The Morgan fingerprint density at radius 3 is 2.70 bits per heavy atom. The maximum absolute atomic E-state index is 14.4. The molecule has 1 aliphatic carbocycles. The first-order valence-corrected chi connectivity index (χ1v) is 14.7. The zero-order valence-electron chi connectivity index (χ0n) is 24.2. The molecule has 0 atom stereocenters. The highest BCUT2D eigenvalue weighted by Gasteiger charge is 2.47. The molecule has 1 amide bonds. The molecule has 4 aromatic rings. The smallest absolute Gasteiger partial charge is 0.321 e. The summed E-state index contributed by atoms with van der Waals surface area (Å²) in [6, 6.07) is 16.5. The quantitative estimate of drug-likeness (QED) is 0.297. The maximum atomic E-state index is 14.4. The number of benzene rings is 2. The number of aryl methyl sites for hydroxylation is 1. The molecule has 3 aliphatic rings. The van der Waals surface area contributed by atoms with Gasteiger partial charge >= 0.3 is 6.18 Å². The fraction of sp³-hybridized carbons (Fsp3) is 0.364. The van der Waals surface area contributed by atoms with Crippen LogP contribution in [0.25, 0.3) is 0 Å². The number of alkyl halides is 3. The van der Waals surface area contributed by atoms with Gasteiger partial charge in [-0.25, -0.2) is 0 Å². The molecular weight excluding hydrogens is 567 g/mol. The largest absolute Gasteiger partial charge is 0.416 e. The van der Waals surface area contributed by atoms with Crippen molar-refractivity contribution in [2.24, 2.45) is 13.0 Å². The molecule has 4 heterocycles. The highest BCUT2D eigenvalue weighted by molar-refractivity contribution is 6.10. The van der Waals surface area contributed by atoms with Crippen LogP contribution in [0, 0.1) is 17.2 Å². The summed E-state index contributed by atoms with van der Waals surface area (Å²) in [6.45, 7) is 1.42. The molecule has 0 spiro atoms. The first-order chi connectivity index (χ1) is 21.1. The van der Waals surface area contributed by atoms with Crippen molar-refractivity contribution in [3.8, 4) is 6.07 Å². The SMILES string of the molecule is Cn1cnnc1C[C@]1(c2cccc(N3Cc4c(cc(CN5CCc6ncccc6C5)cc4C(F)(F)F)C3=O)c2)C[C@H](C#N)C1. The summed E-state index contributed by atoms with van der Waals surface area (Å²) in [5.41, 5.74) is 3.00. The number of nitrogens with zero attached hydrogens (tertiary/aromatic N) is 7. The van der Waals surface area contributed by atoms with Crippen LogP contribution in [0.4, 0.5) is 18.9 Å². The number of anilines is 1. The molecule has 0 saturated heterocycles. The average molecular weight is 598 g/mol. The van der Waals surface area contributed by atoms with E-state index in [-0.39, 0.29) is 29.0 Å². The van der Waals surface area contributed by atoms with Gasteiger partial charge in [0.2, 0.25) is 0 Å². The van der Waals surface area contributed by atoms with Crippen LogP contribution in [-0.2, 0) is 51.1 Å². The Morgan fingerprint density at radius 1 is 1.11 bits per heavy atom. The Labute approximate surface area is 252 Å². The van der Waals surface area contributed by atoms with Crippen LogP contribution >= 0.6 is 0 Å². The molecule has 44 heavy (non-hydrogen) atoms. The predicted molar refractivity (Wildman–Crippen MR) is 155 cm³/mol. The molecule has 1 fully saturated rings. The molecule has 2 aliphatic heterocycles. The number of fused-ring (bicyclic) bond motifs is 2. The Kier molecular flexibility index (Phi) is 6.77. The van der Waals surface area contributed by atoms with E-state index in [1.54, 1.807) is 24.7 Å². The Bertz CT molecular complexity index is 1800. The normalized spacial score (nSPS) is 21.5. The van der Waals surface area contributed by atoms with E-state index in [1.165, 1.54) is 11.0 Å². The van der Waals surface area contributed by atoms with E-state index >= 15 is 0 Å². The van der Waals surface area contributed by atoms with Gasteiger partial charge < -0.3 is 9.47 Å². The lowest BCUT2D eigenvalue weighted by molar-refractivity contribution is -0.138. The summed E-state index contributed by atoms with van der Waals surface area (Å²) < 4.78 is 45.1. The van der Waals surface area contributed by atoms with Crippen molar-refractivity contribution in [2.75, 3.05) is 11.4 Å². The molecule has 11 heteroatoms. The van der Waals surface area contributed by atoms with Crippen molar-refractivity contribution in [1.82, 2.24) is 24.6 Å². The van der Waals surface area contributed by atoms with Crippen molar-refractivity contribution in [1.29, 1.82) is 5.26 Å². The topological polar surface area (TPSA) is 90.9 Å². The number of aromatic nitrogens is 4. The van der Waals surface area contributed by atoms with E-state index in [0.29, 0.717) is 50.1 Å². The van der Waals surface area contributed by atoms with E-state index < -0.39 is 17.6 Å². The maximum Gasteiger partial charge on any atom is 0.416 e. The number of hydrogen-bond donors (Lipinski definition) is 0. The monoisotopic (exact) mass is 597 g/mol. The number of carbonyl (C=O) groups is 1. The first kappa shape index (κ1) is 28.2. The minimum Gasteiger partial charge on any atom is -0.321 e. The van der Waals surface area contributed by atoms with Gasteiger partial charge in [-0.2, -0.15) is 18.4 Å². The van der Waals surface area contributed by atoms with Crippen molar-refractivity contribution in [3.05, 3.63) is 106 Å². The number of pyridine rings is 1. The number of rotatable bonds is 6. The third kappa shape index (κ3) is 4.93. The summed E-state index contributed by atoms with van der Waals surface area (Å²) in [7, 11) is 1.87. The van der Waals surface area contributed by atoms with Gasteiger partial charge in [0.05, 0.1) is 18.2 Å². The number of amides is 1. The van der Waals surface area contributed by atoms with Crippen LogP contribution in [0.15, 0.2) is 61.1 Å². The summed E-state index contributed by atoms with van der Waals surface area (Å²) in [5.74, 6) is 0.248. The van der Waals surface area contributed by atoms with E-state index in [0.717, 1.165) is 29.1 Å². The fourth-order valence-electron chi connectivity index (χ4n) is 7.07. The van der Waals surface area contributed by atoms with Crippen LogP contribution in [0.1, 0.15) is 62.5 Å². The lowest BCUT2D eigenvalue weighted by atomic mass is 9.57. The predicted octanol–water partition coefficient (Wildman–Crippen LogP) is 5.36. The molecule has 0 unspecified atom stereocenters. The van der Waals surface area contributed by atoms with Gasteiger partial charge in [-0.3, -0.25) is 14.7 Å². The molecule has 0 radical (unpaired) electrons. The van der Waals surface area contributed by atoms with Crippen LogP contribution in [0.3, 0.4) is 0 Å². The Hall–Kier alpha value is -4.56. The zero-order valence-corrected chi connectivity index (χ0v) is 24.2. The van der Waals surface area contributed by atoms with Gasteiger partial charge in [0, 0.05) is 74.0 Å². The second-order valence-corrected chi connectivity index (χ2v) is 12.2. The minimum absolute atomic E-state index is 0.00632. The van der Waals surface area contributed by atoms with Crippen LogP contribution < -0.4 is 4.90 Å². The van der Waals surface area contributed by atoms with E-state index in [9.17, 15) is 23.2 Å². The number of halogens is 3. The van der Waals surface area contributed by atoms with Gasteiger partial charge in [-0.15, -0.1) is 10.2 Å². The lowest BCUT2D eigenvalue weighted by Crippen LogP contribution is -2.43. The summed E-state index contributed by atoms with van der Waals surface area (Å²) in [6.07, 6.45) is 1.34. The molecule has 0 bridgehead atoms. The standard InChI is InChI=1S/C33H30F3N7O/c1-41-20-39-40-30(41)15-32(13-22(14-32)16-37)24-5-2-6-25(12-24)43-19-27-26(31(43)44)10-21(11-28(27)33(34,35)36)17-42-9-7-29-23(18-42)4-3-8-38-29/h2-6,8,10-12,20,22H,7,9,13-15,17-19H2,1H3/t22-,32-. The molecule has 2 aromatic heterocycles. The first-order valence-electron chi connectivity index (χ1n) is 14.7. The summed E-state index contributed by atoms with van der Waals surface area (Å²) in [4.78, 5) is 21.7. The molecular formula is C33H30F3N7O. The molecule has 224 valence electrons. The van der Waals surface area contributed by atoms with Gasteiger partial charge in [0.25, 0.3) is 5.91 Å². The molecule has 0 N–H and O–H groups in total. The second-order valence-electron chi connectivity index (χ2n) is 12.2. The van der Waals surface area contributed by atoms with Crippen LogP contribution in [-0.4, -0.2) is 37.1 Å². The Balaban J connectivity index is 1.19. The van der Waals surface area contributed by atoms with E-state index in [1.807, 2.05) is 41.9 Å². The van der Waals surface area contributed by atoms with Gasteiger partial charge in [-0.05, 0) is 65.4 Å². The number of carbonyl (C=O) groups excluding carboxylic acids is 1. The lowest BCUT2D eigenvalue weighted by Gasteiger charge is -2.45. The van der Waals surface area contributed by atoms with Crippen LogP contribution in [0.2, 0.25) is 0 Å². The van der Waals surface area contributed by atoms with Crippen molar-refractivity contribution in [2.45, 2.75) is 56.9 Å². The minimum atomic E-state index is -4.60. The van der Waals surface area contributed by atoms with Crippen molar-refractivity contribution in [3.63, 3.8) is 0 Å². The third-order valence-corrected chi connectivity index (χ3v) is 9.39. The Morgan fingerprint density at radius 2 is 1.95 bits per heavy atom. The number of hydrogen-bond acceptors (Lipinski definition) is 6. The van der Waals surface area contributed by atoms with Gasteiger partial charge in [0.1, 0.15) is 12.2 Å². The van der Waals surface area contributed by atoms with Gasteiger partial charge in [0.15, 0.2) is 0 Å². The average Bonchev–Trinajstić information content (AvgIpc) is 3.55. The van der Waals surface area contributed by atoms with Crippen molar-refractivity contribution >= 4 is 11.6 Å². The summed E-state index contributed by atoms with van der Waals surface area (Å²) >= 11 is 0. The van der Waals surface area contributed by atoms with Crippen molar-refractivity contribution < 1.29 is 18.0 Å². The molecule has 1 saturated carbocycles. The molecule has 7 rings (SSSR count).